The van der Waals surface area contributed by atoms with Crippen molar-refractivity contribution in [2.75, 3.05) is 13.6 Å². The Balaban J connectivity index is 2.05. The van der Waals surface area contributed by atoms with Gasteiger partial charge in [-0.1, -0.05) is 34.1 Å². The average Bonchev–Trinajstić information content (AvgIpc) is 2.89. The summed E-state index contributed by atoms with van der Waals surface area (Å²) in [6, 6.07) is 6.76. The zero-order chi connectivity index (χ0) is 14.7. The summed E-state index contributed by atoms with van der Waals surface area (Å²) in [6.45, 7) is 0.958. The Morgan fingerprint density at radius 2 is 2.15 bits per heavy atom. The van der Waals surface area contributed by atoms with Gasteiger partial charge >= 0.3 is 12.0 Å². The molecule has 0 bridgehead atoms. The lowest BCUT2D eigenvalue weighted by Gasteiger charge is -2.27. The number of rotatable bonds is 3. The number of halogens is 1. The summed E-state index contributed by atoms with van der Waals surface area (Å²) in [6.07, 6.45) is 1.27. The predicted octanol–water partition coefficient (Wildman–Crippen LogP) is 2.55. The highest BCUT2D eigenvalue weighted by molar-refractivity contribution is 9.10. The lowest BCUT2D eigenvalue weighted by molar-refractivity contribution is -0.141. The van der Waals surface area contributed by atoms with Crippen LogP contribution >= 0.6 is 15.9 Å². The topological polar surface area (TPSA) is 60.9 Å². The van der Waals surface area contributed by atoms with Crippen molar-refractivity contribution in [2.45, 2.75) is 25.4 Å². The second kappa shape index (κ2) is 6.26. The third kappa shape index (κ3) is 3.12. The van der Waals surface area contributed by atoms with Gasteiger partial charge in [-0.05, 0) is 24.5 Å². The third-order valence-corrected chi connectivity index (χ3v) is 4.25. The van der Waals surface area contributed by atoms with E-state index in [1.807, 2.05) is 24.3 Å². The van der Waals surface area contributed by atoms with Crippen LogP contribution in [0.3, 0.4) is 0 Å². The highest BCUT2D eigenvalue weighted by Gasteiger charge is 2.35. The fraction of sp³-hybridized carbons (Fsp3) is 0.429. The average molecular weight is 341 g/mol. The molecule has 5 nitrogen and oxygen atoms in total. The molecule has 1 heterocycles. The Morgan fingerprint density at radius 3 is 2.80 bits per heavy atom. The molecule has 0 saturated carbocycles. The molecule has 0 aliphatic carbocycles. The summed E-state index contributed by atoms with van der Waals surface area (Å²) in [5.74, 6) is -0.926. The van der Waals surface area contributed by atoms with E-state index in [1.54, 1.807) is 11.9 Å². The number of carboxylic acids is 1. The summed E-state index contributed by atoms with van der Waals surface area (Å²) in [5, 5.41) is 9.13. The molecule has 2 rings (SSSR count). The lowest BCUT2D eigenvalue weighted by atomic mass is 10.2. The van der Waals surface area contributed by atoms with Gasteiger partial charge in [-0.2, -0.15) is 0 Å². The van der Waals surface area contributed by atoms with Gasteiger partial charge in [0.15, 0.2) is 0 Å². The van der Waals surface area contributed by atoms with E-state index in [0.29, 0.717) is 19.5 Å². The monoisotopic (exact) mass is 340 g/mol. The second-order valence-corrected chi connectivity index (χ2v) is 5.77. The molecule has 2 amide bonds. The number of nitrogens with zero attached hydrogens (tertiary/aromatic N) is 2. The van der Waals surface area contributed by atoms with Gasteiger partial charge in [0.1, 0.15) is 6.04 Å². The maximum atomic E-state index is 12.3. The summed E-state index contributed by atoms with van der Waals surface area (Å²) >= 11 is 3.45. The number of carbonyl (C=O) groups excluding carboxylic acids is 1. The largest absolute Gasteiger partial charge is 0.480 e. The van der Waals surface area contributed by atoms with Crippen molar-refractivity contribution in [1.29, 1.82) is 0 Å². The minimum Gasteiger partial charge on any atom is -0.480 e. The molecule has 0 spiro atoms. The number of hydrogen-bond donors (Lipinski definition) is 1. The highest BCUT2D eigenvalue weighted by atomic mass is 79.9. The zero-order valence-corrected chi connectivity index (χ0v) is 12.8. The van der Waals surface area contributed by atoms with E-state index in [2.05, 4.69) is 15.9 Å². The summed E-state index contributed by atoms with van der Waals surface area (Å²) in [5.41, 5.74) is 0.995. The van der Waals surface area contributed by atoms with Crippen LogP contribution in [0.15, 0.2) is 28.7 Å². The molecule has 1 aliphatic rings. The Hall–Kier alpha value is -1.56. The fourth-order valence-corrected chi connectivity index (χ4v) is 2.83. The minimum absolute atomic E-state index is 0.231. The molecule has 108 valence electrons. The van der Waals surface area contributed by atoms with Crippen molar-refractivity contribution in [3.63, 3.8) is 0 Å². The third-order valence-electron chi connectivity index (χ3n) is 3.48. The standard InChI is InChI=1S/C14H17BrN2O3/c1-16(9-10-5-2-3-6-11(10)15)14(20)17-8-4-7-12(17)13(18)19/h2-3,5-6,12H,4,7-9H2,1H3,(H,18,19)/t12-/m0/s1. The first-order valence-corrected chi connectivity index (χ1v) is 7.28. The van der Waals surface area contributed by atoms with Gasteiger partial charge in [0.2, 0.25) is 0 Å². The van der Waals surface area contributed by atoms with Crippen LogP contribution in [0.4, 0.5) is 4.79 Å². The number of amides is 2. The van der Waals surface area contributed by atoms with Crippen molar-refractivity contribution < 1.29 is 14.7 Å². The quantitative estimate of drug-likeness (QED) is 0.919. The Kier molecular flexibility index (Phi) is 4.65. The number of carbonyl (C=O) groups is 2. The molecule has 0 aromatic heterocycles. The van der Waals surface area contributed by atoms with Gasteiger partial charge in [0, 0.05) is 24.6 Å². The van der Waals surface area contributed by atoms with Crippen molar-refractivity contribution >= 4 is 27.9 Å². The van der Waals surface area contributed by atoms with E-state index in [9.17, 15) is 9.59 Å². The first kappa shape index (κ1) is 14.8. The lowest BCUT2D eigenvalue weighted by Crippen LogP contribution is -2.46. The van der Waals surface area contributed by atoms with Gasteiger partial charge in [0.05, 0.1) is 0 Å². The van der Waals surface area contributed by atoms with Crippen LogP contribution in [-0.4, -0.2) is 46.5 Å². The Morgan fingerprint density at radius 1 is 1.45 bits per heavy atom. The molecule has 20 heavy (non-hydrogen) atoms. The highest BCUT2D eigenvalue weighted by Crippen LogP contribution is 2.21. The first-order chi connectivity index (χ1) is 9.50. The minimum atomic E-state index is -0.926. The van der Waals surface area contributed by atoms with Gasteiger partial charge in [-0.15, -0.1) is 0 Å². The van der Waals surface area contributed by atoms with E-state index >= 15 is 0 Å². The predicted molar refractivity (Wildman–Crippen MR) is 78.4 cm³/mol. The molecule has 1 N–H and O–H groups in total. The fourth-order valence-electron chi connectivity index (χ4n) is 2.42. The summed E-state index contributed by atoms with van der Waals surface area (Å²) in [4.78, 5) is 26.5. The van der Waals surface area contributed by atoms with Gasteiger partial charge in [-0.25, -0.2) is 9.59 Å². The van der Waals surface area contributed by atoms with E-state index in [1.165, 1.54) is 4.90 Å². The van der Waals surface area contributed by atoms with Crippen molar-refractivity contribution in [3.05, 3.63) is 34.3 Å². The smallest absolute Gasteiger partial charge is 0.326 e. The van der Waals surface area contributed by atoms with Crippen molar-refractivity contribution in [3.8, 4) is 0 Å². The molecule has 1 aromatic carbocycles. The zero-order valence-electron chi connectivity index (χ0n) is 11.3. The number of aliphatic carboxylic acids is 1. The SMILES string of the molecule is CN(Cc1ccccc1Br)C(=O)N1CCC[C@H]1C(=O)O. The van der Waals surface area contributed by atoms with Crippen LogP contribution in [0.5, 0.6) is 0 Å². The van der Waals surface area contributed by atoms with E-state index in [0.717, 1.165) is 16.5 Å². The van der Waals surface area contributed by atoms with Crippen LogP contribution in [0.1, 0.15) is 18.4 Å². The van der Waals surface area contributed by atoms with Gasteiger partial charge in [-0.3, -0.25) is 0 Å². The molecule has 1 saturated heterocycles. The van der Waals surface area contributed by atoms with Crippen molar-refractivity contribution in [2.24, 2.45) is 0 Å². The maximum absolute atomic E-state index is 12.3. The molecule has 1 atom stereocenters. The van der Waals surface area contributed by atoms with Gasteiger partial charge in [0.25, 0.3) is 0 Å². The summed E-state index contributed by atoms with van der Waals surface area (Å²) in [7, 11) is 1.69. The molecule has 0 unspecified atom stereocenters. The van der Waals surface area contributed by atoms with Gasteiger partial charge < -0.3 is 14.9 Å². The number of likely N-dealkylation sites (tertiary alicyclic amines) is 1. The summed E-state index contributed by atoms with van der Waals surface area (Å²) < 4.78 is 0.941. The maximum Gasteiger partial charge on any atom is 0.326 e. The number of urea groups is 1. The molecular weight excluding hydrogens is 324 g/mol. The number of benzene rings is 1. The van der Waals surface area contributed by atoms with E-state index in [4.69, 9.17) is 5.11 Å². The Bertz CT molecular complexity index is 521. The van der Waals surface area contributed by atoms with Crippen molar-refractivity contribution in [1.82, 2.24) is 9.80 Å². The van der Waals surface area contributed by atoms with E-state index < -0.39 is 12.0 Å². The molecule has 1 aliphatic heterocycles. The number of carboxylic acid groups (broad SMARTS) is 1. The molecule has 0 radical (unpaired) electrons. The normalized spacial score (nSPS) is 18.1. The molecule has 1 fully saturated rings. The number of hydrogen-bond acceptors (Lipinski definition) is 2. The van der Waals surface area contributed by atoms with E-state index in [-0.39, 0.29) is 6.03 Å². The Labute approximate surface area is 126 Å². The molecular formula is C14H17BrN2O3. The second-order valence-electron chi connectivity index (χ2n) is 4.92. The van der Waals surface area contributed by atoms with Crippen LogP contribution < -0.4 is 0 Å². The van der Waals surface area contributed by atoms with Crippen LogP contribution in [0, 0.1) is 0 Å². The molecule has 1 aromatic rings. The van der Waals surface area contributed by atoms with Crippen LogP contribution in [-0.2, 0) is 11.3 Å². The molecule has 6 heteroatoms. The van der Waals surface area contributed by atoms with Crippen LogP contribution in [0.25, 0.3) is 0 Å². The van der Waals surface area contributed by atoms with Crippen LogP contribution in [0.2, 0.25) is 0 Å². The first-order valence-electron chi connectivity index (χ1n) is 6.48.